The van der Waals surface area contributed by atoms with Gasteiger partial charge in [-0.15, -0.1) is 0 Å². The highest BCUT2D eigenvalue weighted by Gasteiger charge is 2.36. The Bertz CT molecular complexity index is 833. The highest BCUT2D eigenvalue weighted by molar-refractivity contribution is 5.87. The molecule has 6 heteroatoms. The molecule has 1 N–H and O–H groups in total. The molecule has 1 unspecified atom stereocenters. The van der Waals surface area contributed by atoms with Gasteiger partial charge in [-0.1, -0.05) is 36.8 Å². The topological polar surface area (TPSA) is 70.1 Å². The van der Waals surface area contributed by atoms with Crippen molar-refractivity contribution in [3.8, 4) is 5.75 Å². The Morgan fingerprint density at radius 3 is 2.45 bits per heavy atom. The number of aromatic carboxylic acids is 1. The third kappa shape index (κ3) is 5.28. The molecule has 1 aliphatic rings. The number of carboxylic acid groups (broad SMARTS) is 1. The van der Waals surface area contributed by atoms with Crippen molar-refractivity contribution in [3.05, 3.63) is 65.2 Å². The number of hydrogen-bond acceptors (Lipinski definition) is 3. The summed E-state index contributed by atoms with van der Waals surface area (Å²) in [4.78, 5) is 27.6. The van der Waals surface area contributed by atoms with Crippen LogP contribution in [0.1, 0.15) is 41.3 Å². The second-order valence-electron chi connectivity index (χ2n) is 7.46. The van der Waals surface area contributed by atoms with E-state index in [1.54, 1.807) is 12.1 Å². The van der Waals surface area contributed by atoms with Gasteiger partial charge in [0.15, 0.2) is 0 Å². The summed E-state index contributed by atoms with van der Waals surface area (Å²) >= 11 is 0. The lowest BCUT2D eigenvalue weighted by molar-refractivity contribution is 0.0697. The van der Waals surface area contributed by atoms with Crippen LogP contribution in [0.15, 0.2) is 48.5 Å². The number of ether oxygens (including phenoxy) is 1. The maximum atomic E-state index is 12.9. The van der Waals surface area contributed by atoms with Crippen LogP contribution in [0.4, 0.5) is 4.79 Å². The first-order valence-electron chi connectivity index (χ1n) is 10.0. The average molecular weight is 396 g/mol. The maximum Gasteiger partial charge on any atom is 0.335 e. The van der Waals surface area contributed by atoms with Crippen LogP contribution in [0.2, 0.25) is 0 Å². The molecule has 2 amide bonds. The molecular formula is C23H28N2O4. The van der Waals surface area contributed by atoms with Crippen LogP contribution in [-0.2, 0) is 6.54 Å². The third-order valence-electron chi connectivity index (χ3n) is 5.17. The minimum atomic E-state index is -0.954. The molecule has 1 heterocycles. The third-order valence-corrected chi connectivity index (χ3v) is 5.17. The van der Waals surface area contributed by atoms with Crippen molar-refractivity contribution in [2.24, 2.45) is 0 Å². The SMILES string of the molecule is CCCN1C(=O)N(Cc2ccc(C)cc2)CC1CCOc1ccc(C(=O)O)cc1. The standard InChI is InChI=1S/C23H28N2O4/c1-3-13-25-20(12-14-29-21-10-8-19(9-11-21)22(26)27)16-24(23(25)28)15-18-6-4-17(2)5-7-18/h4-11,20H,3,12-16H2,1-2H3,(H,26,27). The number of benzene rings is 2. The molecule has 1 fully saturated rings. The fraction of sp³-hybridized carbons (Fsp3) is 0.391. The zero-order valence-electron chi connectivity index (χ0n) is 17.0. The van der Waals surface area contributed by atoms with Crippen molar-refractivity contribution in [2.45, 2.75) is 39.3 Å². The minimum Gasteiger partial charge on any atom is -0.494 e. The minimum absolute atomic E-state index is 0.0863. The quantitative estimate of drug-likeness (QED) is 0.690. The summed E-state index contributed by atoms with van der Waals surface area (Å²) in [7, 11) is 0. The highest BCUT2D eigenvalue weighted by atomic mass is 16.5. The van der Waals surface area contributed by atoms with Crippen molar-refractivity contribution >= 4 is 12.0 Å². The molecule has 0 aromatic heterocycles. The maximum absolute atomic E-state index is 12.9. The van der Waals surface area contributed by atoms with Gasteiger partial charge < -0.3 is 19.6 Å². The lowest BCUT2D eigenvalue weighted by Gasteiger charge is -2.22. The zero-order chi connectivity index (χ0) is 20.8. The average Bonchev–Trinajstić information content (AvgIpc) is 2.99. The molecule has 2 aromatic rings. The van der Waals surface area contributed by atoms with E-state index in [2.05, 4.69) is 38.1 Å². The molecule has 0 spiro atoms. The van der Waals surface area contributed by atoms with Gasteiger partial charge in [0.25, 0.3) is 0 Å². The Morgan fingerprint density at radius 1 is 1.14 bits per heavy atom. The molecule has 0 aliphatic carbocycles. The van der Waals surface area contributed by atoms with E-state index in [1.807, 2.05) is 9.80 Å². The molecule has 6 nitrogen and oxygen atoms in total. The van der Waals surface area contributed by atoms with Crippen LogP contribution in [0.5, 0.6) is 5.75 Å². The van der Waals surface area contributed by atoms with Crippen LogP contribution in [0, 0.1) is 6.92 Å². The van der Waals surface area contributed by atoms with Gasteiger partial charge in [-0.3, -0.25) is 0 Å². The van der Waals surface area contributed by atoms with E-state index in [-0.39, 0.29) is 17.6 Å². The molecule has 1 saturated heterocycles. The largest absolute Gasteiger partial charge is 0.494 e. The van der Waals surface area contributed by atoms with Crippen LogP contribution in [0.25, 0.3) is 0 Å². The lowest BCUT2D eigenvalue weighted by atomic mass is 10.1. The Hall–Kier alpha value is -3.02. The van der Waals surface area contributed by atoms with E-state index >= 15 is 0 Å². The normalized spacial score (nSPS) is 16.3. The smallest absolute Gasteiger partial charge is 0.335 e. The monoisotopic (exact) mass is 396 g/mol. The summed E-state index contributed by atoms with van der Waals surface area (Å²) in [5.41, 5.74) is 2.58. The molecular weight excluding hydrogens is 368 g/mol. The van der Waals surface area contributed by atoms with Crippen LogP contribution in [-0.4, -0.2) is 52.6 Å². The fourth-order valence-corrected chi connectivity index (χ4v) is 3.59. The highest BCUT2D eigenvalue weighted by Crippen LogP contribution is 2.22. The number of amides is 2. The van der Waals surface area contributed by atoms with Crippen molar-refractivity contribution in [3.63, 3.8) is 0 Å². The Balaban J connectivity index is 1.57. The van der Waals surface area contributed by atoms with Crippen LogP contribution in [0.3, 0.4) is 0 Å². The van der Waals surface area contributed by atoms with Crippen LogP contribution < -0.4 is 4.74 Å². The van der Waals surface area contributed by atoms with Gasteiger partial charge in [0.05, 0.1) is 18.2 Å². The Kier molecular flexibility index (Phi) is 6.75. The number of hydrogen-bond donors (Lipinski definition) is 1. The van der Waals surface area contributed by atoms with Gasteiger partial charge in [-0.25, -0.2) is 9.59 Å². The van der Waals surface area contributed by atoms with Gasteiger partial charge in [0, 0.05) is 26.1 Å². The molecule has 29 heavy (non-hydrogen) atoms. The van der Waals surface area contributed by atoms with Gasteiger partial charge >= 0.3 is 12.0 Å². The van der Waals surface area contributed by atoms with E-state index in [9.17, 15) is 9.59 Å². The predicted octanol–water partition coefficient (Wildman–Crippen LogP) is 4.18. The first-order valence-corrected chi connectivity index (χ1v) is 10.0. The number of carbonyl (C=O) groups is 2. The summed E-state index contributed by atoms with van der Waals surface area (Å²) in [6, 6.07) is 14.9. The van der Waals surface area contributed by atoms with E-state index < -0.39 is 5.97 Å². The van der Waals surface area contributed by atoms with Crippen molar-refractivity contribution < 1.29 is 19.4 Å². The molecule has 154 valence electrons. The van der Waals surface area contributed by atoms with E-state index in [1.165, 1.54) is 17.7 Å². The molecule has 1 aliphatic heterocycles. The fourth-order valence-electron chi connectivity index (χ4n) is 3.59. The van der Waals surface area contributed by atoms with E-state index in [0.717, 1.165) is 24.9 Å². The van der Waals surface area contributed by atoms with Gasteiger partial charge in [0.2, 0.25) is 0 Å². The summed E-state index contributed by atoms with van der Waals surface area (Å²) < 4.78 is 5.78. The summed E-state index contributed by atoms with van der Waals surface area (Å²) in [5, 5.41) is 8.96. The second kappa shape index (κ2) is 9.45. The predicted molar refractivity (Wildman–Crippen MR) is 111 cm³/mol. The first-order chi connectivity index (χ1) is 14.0. The number of urea groups is 1. The second-order valence-corrected chi connectivity index (χ2v) is 7.46. The molecule has 3 rings (SSSR count). The summed E-state index contributed by atoms with van der Waals surface area (Å²) in [6.45, 7) is 6.65. The first kappa shape index (κ1) is 20.7. The summed E-state index contributed by atoms with van der Waals surface area (Å²) in [6.07, 6.45) is 1.65. The van der Waals surface area contributed by atoms with Gasteiger partial charge in [0.1, 0.15) is 5.75 Å². The van der Waals surface area contributed by atoms with Crippen molar-refractivity contribution in [2.75, 3.05) is 19.7 Å². The van der Waals surface area contributed by atoms with Crippen molar-refractivity contribution in [1.82, 2.24) is 9.80 Å². The van der Waals surface area contributed by atoms with Gasteiger partial charge in [-0.2, -0.15) is 0 Å². The molecule has 0 saturated carbocycles. The van der Waals surface area contributed by atoms with Crippen LogP contribution >= 0.6 is 0 Å². The number of nitrogens with zero attached hydrogens (tertiary/aromatic N) is 2. The Labute approximate surface area is 171 Å². The number of carbonyl (C=O) groups excluding carboxylic acids is 1. The lowest BCUT2D eigenvalue weighted by Crippen LogP contribution is -2.36. The molecule has 1 atom stereocenters. The molecule has 2 aromatic carbocycles. The van der Waals surface area contributed by atoms with E-state index in [4.69, 9.17) is 9.84 Å². The Morgan fingerprint density at radius 2 is 1.83 bits per heavy atom. The van der Waals surface area contributed by atoms with Crippen molar-refractivity contribution in [1.29, 1.82) is 0 Å². The summed E-state index contributed by atoms with van der Waals surface area (Å²) in [5.74, 6) is -0.317. The van der Waals surface area contributed by atoms with E-state index in [0.29, 0.717) is 25.4 Å². The number of rotatable bonds is 9. The molecule has 0 radical (unpaired) electrons. The number of aryl methyl sites for hydroxylation is 1. The number of carboxylic acids is 1. The van der Waals surface area contributed by atoms with Gasteiger partial charge in [-0.05, 0) is 43.2 Å². The molecule has 0 bridgehead atoms. The zero-order valence-corrected chi connectivity index (χ0v) is 17.0.